The van der Waals surface area contributed by atoms with Crippen molar-refractivity contribution in [1.29, 1.82) is 0 Å². The number of hydrogen-bond donors (Lipinski definition) is 1. The summed E-state index contributed by atoms with van der Waals surface area (Å²) in [5.41, 5.74) is 6.48. The second-order valence-electron chi connectivity index (χ2n) is 3.12. The predicted octanol–water partition coefficient (Wildman–Crippen LogP) is 3.61. The van der Waals surface area contributed by atoms with Crippen LogP contribution in [0.5, 0.6) is 0 Å². The van der Waals surface area contributed by atoms with Crippen molar-refractivity contribution in [3.05, 3.63) is 39.2 Å². The average Bonchev–Trinajstić information content (AvgIpc) is 2.27. The Labute approximate surface area is 104 Å². The van der Waals surface area contributed by atoms with Gasteiger partial charge < -0.3 is 5.32 Å². The molecule has 0 aromatic heterocycles. The number of halogens is 4. The summed E-state index contributed by atoms with van der Waals surface area (Å²) in [5.74, 6) is -0.847. The van der Waals surface area contributed by atoms with Crippen LogP contribution in [-0.2, 0) is 11.0 Å². The van der Waals surface area contributed by atoms with Gasteiger partial charge >= 0.3 is 6.18 Å². The van der Waals surface area contributed by atoms with Crippen molar-refractivity contribution in [1.82, 2.24) is 0 Å². The molecule has 0 atom stereocenters. The zero-order chi connectivity index (χ0) is 13.8. The molecule has 1 N–H and O–H groups in total. The van der Waals surface area contributed by atoms with Gasteiger partial charge in [-0.3, -0.25) is 4.79 Å². The number of anilines is 1. The van der Waals surface area contributed by atoms with Crippen molar-refractivity contribution < 1.29 is 18.0 Å². The molecule has 0 radical (unpaired) electrons. The quantitative estimate of drug-likeness (QED) is 0.512. The molecule has 5 nitrogen and oxygen atoms in total. The number of benzene rings is 1. The van der Waals surface area contributed by atoms with Crippen molar-refractivity contribution in [3.8, 4) is 0 Å². The van der Waals surface area contributed by atoms with Crippen LogP contribution in [0.4, 0.5) is 18.9 Å². The van der Waals surface area contributed by atoms with Crippen LogP contribution in [0.2, 0.25) is 5.02 Å². The molecule has 1 aromatic carbocycles. The lowest BCUT2D eigenvalue weighted by molar-refractivity contribution is -0.137. The minimum atomic E-state index is -4.65. The lowest BCUT2D eigenvalue weighted by Crippen LogP contribution is -2.18. The molecule has 0 aliphatic carbocycles. The third-order valence-corrected chi connectivity index (χ3v) is 2.07. The van der Waals surface area contributed by atoms with Gasteiger partial charge in [0.1, 0.15) is 6.54 Å². The largest absolute Gasteiger partial charge is 0.418 e. The standard InChI is InChI=1S/C9H6ClF3N4O/c10-5-1-2-7(6(3-5)9(11,12)13)16-8(18)4-15-17-14/h1-3H,4H2,(H,16,18). The molecule has 0 saturated carbocycles. The van der Waals surface area contributed by atoms with E-state index < -0.39 is 29.9 Å². The molecule has 18 heavy (non-hydrogen) atoms. The number of rotatable bonds is 3. The minimum absolute atomic E-state index is 0.102. The second kappa shape index (κ2) is 5.61. The fourth-order valence-corrected chi connectivity index (χ4v) is 1.32. The van der Waals surface area contributed by atoms with E-state index in [1.54, 1.807) is 0 Å². The van der Waals surface area contributed by atoms with Crippen molar-refractivity contribution >= 4 is 23.2 Å². The molecule has 0 fully saturated rings. The van der Waals surface area contributed by atoms with Gasteiger partial charge in [0.05, 0.1) is 11.3 Å². The first-order valence-corrected chi connectivity index (χ1v) is 4.90. The molecule has 0 bridgehead atoms. The third kappa shape index (κ3) is 3.83. The lowest BCUT2D eigenvalue weighted by atomic mass is 10.1. The molecular weight excluding hydrogens is 273 g/mol. The fraction of sp³-hybridized carbons (Fsp3) is 0.222. The zero-order valence-electron chi connectivity index (χ0n) is 8.70. The second-order valence-corrected chi connectivity index (χ2v) is 3.56. The van der Waals surface area contributed by atoms with E-state index in [-0.39, 0.29) is 5.02 Å². The summed E-state index contributed by atoms with van der Waals surface area (Å²) in [5, 5.41) is 4.83. The van der Waals surface area contributed by atoms with E-state index in [1.807, 2.05) is 5.32 Å². The van der Waals surface area contributed by atoms with Crippen LogP contribution in [-0.4, -0.2) is 12.5 Å². The van der Waals surface area contributed by atoms with Gasteiger partial charge in [-0.15, -0.1) is 0 Å². The Balaban J connectivity index is 3.02. The maximum absolute atomic E-state index is 12.6. The average molecular weight is 279 g/mol. The Kier molecular flexibility index (Phi) is 4.41. The van der Waals surface area contributed by atoms with Crippen LogP contribution in [0.15, 0.2) is 23.3 Å². The first-order valence-electron chi connectivity index (χ1n) is 4.52. The highest BCUT2D eigenvalue weighted by Crippen LogP contribution is 2.36. The van der Waals surface area contributed by atoms with Crippen LogP contribution in [0.25, 0.3) is 10.4 Å². The van der Waals surface area contributed by atoms with Gasteiger partial charge in [-0.2, -0.15) is 13.2 Å². The number of carbonyl (C=O) groups excluding carboxylic acids is 1. The van der Waals surface area contributed by atoms with Gasteiger partial charge in [0.2, 0.25) is 5.91 Å². The summed E-state index contributed by atoms with van der Waals surface area (Å²) in [6, 6.07) is 2.93. The number of nitrogens with one attached hydrogen (secondary N) is 1. The van der Waals surface area contributed by atoms with Crippen LogP contribution >= 0.6 is 11.6 Å². The van der Waals surface area contributed by atoms with Crippen LogP contribution in [0.1, 0.15) is 5.56 Å². The highest BCUT2D eigenvalue weighted by Gasteiger charge is 2.34. The summed E-state index contributed by atoms with van der Waals surface area (Å²) in [6.07, 6.45) is -4.65. The summed E-state index contributed by atoms with van der Waals surface area (Å²) >= 11 is 5.46. The van der Waals surface area contributed by atoms with Crippen LogP contribution in [0.3, 0.4) is 0 Å². The van der Waals surface area contributed by atoms with Crippen molar-refractivity contribution in [2.45, 2.75) is 6.18 Å². The number of nitrogens with zero attached hydrogens (tertiary/aromatic N) is 3. The van der Waals surface area contributed by atoms with Crippen molar-refractivity contribution in [2.24, 2.45) is 5.11 Å². The molecule has 0 unspecified atom stereocenters. The maximum atomic E-state index is 12.6. The first kappa shape index (κ1) is 14.1. The van der Waals surface area contributed by atoms with E-state index in [1.165, 1.54) is 6.07 Å². The Bertz CT molecular complexity index is 511. The van der Waals surface area contributed by atoms with Crippen LogP contribution in [0, 0.1) is 0 Å². The summed E-state index contributed by atoms with van der Waals surface area (Å²) in [7, 11) is 0. The monoisotopic (exact) mass is 278 g/mol. The first-order chi connectivity index (χ1) is 8.34. The molecule has 0 aliphatic rings. The Morgan fingerprint density at radius 3 is 2.72 bits per heavy atom. The Hall–Kier alpha value is -1.92. The van der Waals surface area contributed by atoms with E-state index in [0.717, 1.165) is 6.07 Å². The topological polar surface area (TPSA) is 77.9 Å². The number of alkyl halides is 3. The SMILES string of the molecule is [N-]=[N+]=NCC(=O)Nc1ccc(Cl)cc1C(F)(F)F. The molecule has 0 saturated heterocycles. The maximum Gasteiger partial charge on any atom is 0.418 e. The number of azide groups is 1. The normalized spacial score (nSPS) is 10.7. The Morgan fingerprint density at radius 1 is 1.50 bits per heavy atom. The highest BCUT2D eigenvalue weighted by molar-refractivity contribution is 6.30. The van der Waals surface area contributed by atoms with Gasteiger partial charge in [-0.1, -0.05) is 16.7 Å². The molecule has 1 amide bonds. The zero-order valence-corrected chi connectivity index (χ0v) is 9.46. The molecule has 1 aromatic rings. The van der Waals surface area contributed by atoms with Gasteiger partial charge in [0.15, 0.2) is 0 Å². The lowest BCUT2D eigenvalue weighted by Gasteiger charge is -2.13. The van der Waals surface area contributed by atoms with Crippen molar-refractivity contribution in [2.75, 3.05) is 11.9 Å². The van der Waals surface area contributed by atoms with Gasteiger partial charge in [0, 0.05) is 9.93 Å². The van der Waals surface area contributed by atoms with Crippen LogP contribution < -0.4 is 5.32 Å². The molecule has 0 aliphatic heterocycles. The summed E-state index contributed by atoms with van der Waals surface area (Å²) in [4.78, 5) is 13.5. The molecule has 96 valence electrons. The number of carbonyl (C=O) groups is 1. The summed E-state index contributed by atoms with van der Waals surface area (Å²) < 4.78 is 37.9. The van der Waals surface area contributed by atoms with Gasteiger partial charge in [-0.05, 0) is 23.7 Å². The van der Waals surface area contributed by atoms with Gasteiger partial charge in [-0.25, -0.2) is 0 Å². The van der Waals surface area contributed by atoms with Gasteiger partial charge in [0.25, 0.3) is 0 Å². The van der Waals surface area contributed by atoms with E-state index >= 15 is 0 Å². The molecule has 0 heterocycles. The number of hydrogen-bond acceptors (Lipinski definition) is 2. The summed E-state index contributed by atoms with van der Waals surface area (Å²) in [6.45, 7) is -0.587. The van der Waals surface area contributed by atoms with E-state index in [2.05, 4.69) is 10.0 Å². The highest BCUT2D eigenvalue weighted by atomic mass is 35.5. The minimum Gasteiger partial charge on any atom is -0.325 e. The third-order valence-electron chi connectivity index (χ3n) is 1.84. The van der Waals surface area contributed by atoms with E-state index in [0.29, 0.717) is 6.07 Å². The molecule has 9 heteroatoms. The molecule has 0 spiro atoms. The smallest absolute Gasteiger partial charge is 0.325 e. The van der Waals surface area contributed by atoms with E-state index in [4.69, 9.17) is 17.1 Å². The predicted molar refractivity (Wildman–Crippen MR) is 59.1 cm³/mol. The molecule has 1 rings (SSSR count). The fourth-order valence-electron chi connectivity index (χ4n) is 1.15. The molecular formula is C9H6ClF3N4O. The number of amides is 1. The van der Waals surface area contributed by atoms with E-state index in [9.17, 15) is 18.0 Å². The Morgan fingerprint density at radius 2 is 2.17 bits per heavy atom. The van der Waals surface area contributed by atoms with Crippen molar-refractivity contribution in [3.63, 3.8) is 0 Å².